The Hall–Kier alpha value is -1.90. The predicted molar refractivity (Wildman–Crippen MR) is 135 cm³/mol. The number of sulfonamides is 1. The summed E-state index contributed by atoms with van der Waals surface area (Å²) in [5, 5.41) is 3.02. The normalized spacial score (nSPS) is 15.5. The van der Waals surface area contributed by atoms with Crippen molar-refractivity contribution < 1.29 is 17.9 Å². The fraction of sp³-hybridized carbons (Fsp3) is 0.480. The molecule has 1 saturated heterocycles. The van der Waals surface area contributed by atoms with E-state index in [0.717, 1.165) is 28.6 Å². The number of nitrogens with zero attached hydrogens (tertiary/aromatic N) is 1. The van der Waals surface area contributed by atoms with Crippen molar-refractivity contribution in [2.24, 2.45) is 5.92 Å². The Balaban J connectivity index is 1.37. The van der Waals surface area contributed by atoms with Gasteiger partial charge in [-0.25, -0.2) is 12.7 Å². The van der Waals surface area contributed by atoms with Gasteiger partial charge in [0, 0.05) is 30.0 Å². The number of rotatable bonds is 10. The zero-order valence-corrected chi connectivity index (χ0v) is 21.7. The summed E-state index contributed by atoms with van der Waals surface area (Å²) in [4.78, 5) is 12.5. The van der Waals surface area contributed by atoms with E-state index in [4.69, 9.17) is 4.74 Å². The van der Waals surface area contributed by atoms with Crippen molar-refractivity contribution in [3.63, 3.8) is 0 Å². The maximum absolute atomic E-state index is 12.7. The van der Waals surface area contributed by atoms with E-state index in [2.05, 4.69) is 33.4 Å². The van der Waals surface area contributed by atoms with E-state index >= 15 is 0 Å². The highest BCUT2D eigenvalue weighted by Crippen LogP contribution is 2.22. The Morgan fingerprint density at radius 1 is 1.06 bits per heavy atom. The number of carbonyl (C=O) groups is 1. The van der Waals surface area contributed by atoms with E-state index in [-0.39, 0.29) is 23.7 Å². The molecule has 33 heavy (non-hydrogen) atoms. The second-order valence-electron chi connectivity index (χ2n) is 8.76. The van der Waals surface area contributed by atoms with Gasteiger partial charge in [-0.05, 0) is 74.9 Å². The predicted octanol–water partition coefficient (Wildman–Crippen LogP) is 4.53. The molecule has 2 aromatic rings. The summed E-state index contributed by atoms with van der Waals surface area (Å²) in [7, 11) is -3.38. The van der Waals surface area contributed by atoms with Crippen LogP contribution >= 0.6 is 15.9 Å². The Morgan fingerprint density at radius 2 is 1.67 bits per heavy atom. The first-order valence-corrected chi connectivity index (χ1v) is 13.9. The van der Waals surface area contributed by atoms with Crippen molar-refractivity contribution in [3.8, 4) is 5.75 Å². The van der Waals surface area contributed by atoms with Crippen LogP contribution in [0, 0.1) is 5.92 Å². The number of amides is 1. The third-order valence-corrected chi connectivity index (χ3v) is 8.10. The van der Waals surface area contributed by atoms with E-state index in [9.17, 15) is 13.2 Å². The Labute approximate surface area is 205 Å². The maximum Gasteiger partial charge on any atom is 0.223 e. The highest BCUT2D eigenvalue weighted by molar-refractivity contribution is 9.10. The lowest BCUT2D eigenvalue weighted by Crippen LogP contribution is -2.43. The lowest BCUT2D eigenvalue weighted by atomic mass is 9.97. The summed E-state index contributed by atoms with van der Waals surface area (Å²) >= 11 is 3.36. The number of piperidine rings is 1. The molecule has 0 radical (unpaired) electrons. The second-order valence-corrected chi connectivity index (χ2v) is 11.6. The van der Waals surface area contributed by atoms with Gasteiger partial charge in [0.05, 0.1) is 11.9 Å². The van der Waals surface area contributed by atoms with Crippen LogP contribution in [0.1, 0.15) is 44.2 Å². The maximum atomic E-state index is 12.7. The SMILES string of the molecule is CC(C)Oc1ccc(CCCNC(=O)C2CCN(S(=O)(=O)Cc3ccc(Br)cc3)CC2)cc1. The number of hydrogen-bond acceptors (Lipinski definition) is 4. The Morgan fingerprint density at radius 3 is 2.27 bits per heavy atom. The van der Waals surface area contributed by atoms with Crippen LogP contribution in [0.5, 0.6) is 5.75 Å². The Bertz CT molecular complexity index is 1000. The van der Waals surface area contributed by atoms with Crippen molar-refractivity contribution in [1.29, 1.82) is 0 Å². The van der Waals surface area contributed by atoms with Gasteiger partial charge < -0.3 is 10.1 Å². The van der Waals surface area contributed by atoms with Crippen LogP contribution in [-0.4, -0.2) is 44.4 Å². The van der Waals surface area contributed by atoms with Gasteiger partial charge in [0.15, 0.2) is 0 Å². The molecular weight excluding hydrogens is 504 g/mol. The first-order chi connectivity index (χ1) is 15.7. The third kappa shape index (κ3) is 8.12. The number of aryl methyl sites for hydroxylation is 1. The lowest BCUT2D eigenvalue weighted by molar-refractivity contribution is -0.126. The van der Waals surface area contributed by atoms with E-state index in [0.29, 0.717) is 32.5 Å². The van der Waals surface area contributed by atoms with Crippen LogP contribution < -0.4 is 10.1 Å². The minimum Gasteiger partial charge on any atom is -0.491 e. The van der Waals surface area contributed by atoms with Gasteiger partial charge in [-0.1, -0.05) is 40.2 Å². The number of halogens is 1. The Kier molecular flexibility index (Phi) is 9.35. The highest BCUT2D eigenvalue weighted by atomic mass is 79.9. The molecule has 0 unspecified atom stereocenters. The van der Waals surface area contributed by atoms with Crippen LogP contribution in [0.25, 0.3) is 0 Å². The molecule has 1 fully saturated rings. The van der Waals surface area contributed by atoms with Crippen molar-refractivity contribution >= 4 is 31.9 Å². The number of hydrogen-bond donors (Lipinski definition) is 1. The minimum absolute atomic E-state index is 0.0122. The van der Waals surface area contributed by atoms with E-state index < -0.39 is 10.0 Å². The summed E-state index contributed by atoms with van der Waals surface area (Å²) in [6.07, 6.45) is 3.02. The van der Waals surface area contributed by atoms with Gasteiger partial charge in [-0.2, -0.15) is 0 Å². The monoisotopic (exact) mass is 536 g/mol. The zero-order valence-electron chi connectivity index (χ0n) is 19.3. The summed E-state index contributed by atoms with van der Waals surface area (Å²) in [6.45, 7) is 5.40. The standard InChI is InChI=1S/C25H33BrN2O4S/c1-19(2)32-24-11-7-20(8-12-24)4-3-15-27-25(29)22-13-16-28(17-14-22)33(30,31)18-21-5-9-23(26)10-6-21/h5-12,19,22H,3-4,13-18H2,1-2H3,(H,27,29). The van der Waals surface area contributed by atoms with Gasteiger partial charge in [-0.3, -0.25) is 4.79 Å². The van der Waals surface area contributed by atoms with E-state index in [1.165, 1.54) is 9.87 Å². The summed E-state index contributed by atoms with van der Waals surface area (Å²) < 4.78 is 33.6. The highest BCUT2D eigenvalue weighted by Gasteiger charge is 2.31. The smallest absolute Gasteiger partial charge is 0.223 e. The molecule has 0 aromatic heterocycles. The molecule has 1 amide bonds. The fourth-order valence-corrected chi connectivity index (χ4v) is 5.76. The number of benzene rings is 2. The lowest BCUT2D eigenvalue weighted by Gasteiger charge is -2.30. The average Bonchev–Trinajstić information content (AvgIpc) is 2.79. The van der Waals surface area contributed by atoms with Crippen LogP contribution in [-0.2, 0) is 27.0 Å². The van der Waals surface area contributed by atoms with Gasteiger partial charge in [-0.15, -0.1) is 0 Å². The largest absolute Gasteiger partial charge is 0.491 e. The molecule has 6 nitrogen and oxygen atoms in total. The van der Waals surface area contributed by atoms with Gasteiger partial charge in [0.1, 0.15) is 5.75 Å². The fourth-order valence-electron chi connectivity index (χ4n) is 3.93. The molecule has 0 aliphatic carbocycles. The molecule has 0 bridgehead atoms. The molecule has 1 aliphatic rings. The minimum atomic E-state index is -3.38. The third-order valence-electron chi connectivity index (χ3n) is 5.72. The molecule has 2 aromatic carbocycles. The van der Waals surface area contributed by atoms with Gasteiger partial charge in [0.2, 0.25) is 15.9 Å². The average molecular weight is 538 g/mol. The van der Waals surface area contributed by atoms with Crippen LogP contribution in [0.15, 0.2) is 53.0 Å². The second kappa shape index (κ2) is 12.0. The molecule has 180 valence electrons. The van der Waals surface area contributed by atoms with E-state index in [1.54, 1.807) is 0 Å². The molecule has 1 N–H and O–H groups in total. The summed E-state index contributed by atoms with van der Waals surface area (Å²) in [5.41, 5.74) is 1.98. The van der Waals surface area contributed by atoms with Crippen LogP contribution in [0.2, 0.25) is 0 Å². The molecule has 8 heteroatoms. The summed E-state index contributed by atoms with van der Waals surface area (Å²) in [5.74, 6) is 0.756. The van der Waals surface area contributed by atoms with Crippen LogP contribution in [0.3, 0.4) is 0 Å². The molecule has 1 heterocycles. The number of carbonyl (C=O) groups excluding carboxylic acids is 1. The van der Waals surface area contributed by atoms with Crippen molar-refractivity contribution in [2.75, 3.05) is 19.6 Å². The van der Waals surface area contributed by atoms with Crippen LogP contribution in [0.4, 0.5) is 0 Å². The van der Waals surface area contributed by atoms with Gasteiger partial charge in [0.25, 0.3) is 0 Å². The zero-order chi connectivity index (χ0) is 23.8. The van der Waals surface area contributed by atoms with Gasteiger partial charge >= 0.3 is 0 Å². The van der Waals surface area contributed by atoms with Crippen molar-refractivity contribution in [3.05, 3.63) is 64.1 Å². The first kappa shape index (κ1) is 25.7. The topological polar surface area (TPSA) is 75.7 Å². The number of nitrogens with one attached hydrogen (secondary N) is 1. The quantitative estimate of drug-likeness (QED) is 0.452. The summed E-state index contributed by atoms with van der Waals surface area (Å²) in [6, 6.07) is 15.4. The molecule has 0 saturated carbocycles. The van der Waals surface area contributed by atoms with E-state index in [1.807, 2.05) is 50.2 Å². The molecular formula is C25H33BrN2O4S. The van der Waals surface area contributed by atoms with Crippen molar-refractivity contribution in [2.45, 2.75) is 51.4 Å². The van der Waals surface area contributed by atoms with Crippen molar-refractivity contribution in [1.82, 2.24) is 9.62 Å². The first-order valence-electron chi connectivity index (χ1n) is 11.5. The molecule has 0 spiro atoms. The molecule has 1 aliphatic heterocycles. The number of ether oxygens (including phenoxy) is 1. The molecule has 0 atom stereocenters. The molecule has 3 rings (SSSR count).